The first-order valence-corrected chi connectivity index (χ1v) is 15.9. The molecular formula is C37H21BrO2S. The Hall–Kier alpha value is -4.25. The highest BCUT2D eigenvalue weighted by atomic mass is 79.9. The highest BCUT2D eigenvalue weighted by Crippen LogP contribution is 2.63. The average molecular weight is 610 g/mol. The van der Waals surface area contributed by atoms with E-state index < -0.39 is 15.3 Å². The summed E-state index contributed by atoms with van der Waals surface area (Å²) >= 11 is 3.80. The molecule has 194 valence electrons. The van der Waals surface area contributed by atoms with Crippen LogP contribution in [0.2, 0.25) is 0 Å². The van der Waals surface area contributed by atoms with Gasteiger partial charge >= 0.3 is 0 Å². The van der Waals surface area contributed by atoms with Gasteiger partial charge in [-0.15, -0.1) is 0 Å². The Labute approximate surface area is 247 Å². The molecule has 0 amide bonds. The van der Waals surface area contributed by atoms with Gasteiger partial charge in [0.05, 0.1) is 15.2 Å². The van der Waals surface area contributed by atoms with Crippen molar-refractivity contribution in [1.82, 2.24) is 0 Å². The molecule has 0 saturated heterocycles. The lowest BCUT2D eigenvalue weighted by Crippen LogP contribution is -2.29. The molecule has 0 aromatic heterocycles. The molecule has 0 fully saturated rings. The van der Waals surface area contributed by atoms with E-state index in [0.29, 0.717) is 9.79 Å². The van der Waals surface area contributed by atoms with Gasteiger partial charge in [-0.3, -0.25) is 0 Å². The Morgan fingerprint density at radius 2 is 0.927 bits per heavy atom. The molecule has 4 heteroatoms. The third kappa shape index (κ3) is 2.79. The van der Waals surface area contributed by atoms with Crippen molar-refractivity contribution in [2.75, 3.05) is 0 Å². The van der Waals surface area contributed by atoms with E-state index >= 15 is 0 Å². The summed E-state index contributed by atoms with van der Waals surface area (Å²) in [5.74, 6) is 0. The maximum atomic E-state index is 14.0. The van der Waals surface area contributed by atoms with Crippen LogP contribution in [-0.4, -0.2) is 8.42 Å². The lowest BCUT2D eigenvalue weighted by atomic mass is 9.66. The van der Waals surface area contributed by atoms with Gasteiger partial charge in [0.1, 0.15) is 0 Å². The fourth-order valence-electron chi connectivity index (χ4n) is 7.56. The fourth-order valence-corrected chi connectivity index (χ4v) is 9.62. The van der Waals surface area contributed by atoms with Gasteiger partial charge in [-0.05, 0) is 86.0 Å². The van der Waals surface area contributed by atoms with Crippen LogP contribution in [0.3, 0.4) is 0 Å². The van der Waals surface area contributed by atoms with E-state index in [4.69, 9.17) is 0 Å². The first-order chi connectivity index (χ1) is 20.0. The van der Waals surface area contributed by atoms with E-state index in [1.807, 2.05) is 18.2 Å². The molecule has 41 heavy (non-hydrogen) atoms. The summed E-state index contributed by atoms with van der Waals surface area (Å²) in [7, 11) is -3.66. The molecule has 6 aromatic carbocycles. The maximum Gasteiger partial charge on any atom is 0.207 e. The van der Waals surface area contributed by atoms with E-state index in [1.54, 1.807) is 12.1 Å². The second kappa shape index (κ2) is 7.94. The van der Waals surface area contributed by atoms with Crippen molar-refractivity contribution in [1.29, 1.82) is 0 Å². The van der Waals surface area contributed by atoms with E-state index in [9.17, 15) is 8.42 Å². The standard InChI is InChI=1S/C37H21BrO2S/c38-22-17-18-27-24-10-2-1-9-23(24)25-11-3-6-14-31(25)37(33(27)19-22)32-15-7-4-12-26(32)29-20-30-28-13-5-8-16-35(28)41(39,40)36(30)21-34(29)37/h1-21H. The topological polar surface area (TPSA) is 34.1 Å². The molecule has 1 aliphatic heterocycles. The molecule has 0 bridgehead atoms. The fraction of sp³-hybridized carbons (Fsp3) is 0.0270. The van der Waals surface area contributed by atoms with Crippen molar-refractivity contribution >= 4 is 25.8 Å². The zero-order chi connectivity index (χ0) is 27.5. The second-order valence-electron chi connectivity index (χ2n) is 11.0. The summed E-state index contributed by atoms with van der Waals surface area (Å²) in [6.45, 7) is 0. The summed E-state index contributed by atoms with van der Waals surface area (Å²) in [6.07, 6.45) is 0. The normalized spacial score (nSPS) is 17.9. The Balaban J connectivity index is 1.52. The number of benzene rings is 6. The van der Waals surface area contributed by atoms with Crippen LogP contribution < -0.4 is 0 Å². The maximum absolute atomic E-state index is 14.0. The van der Waals surface area contributed by atoms with Crippen LogP contribution in [0.4, 0.5) is 0 Å². The van der Waals surface area contributed by atoms with Crippen molar-refractivity contribution in [3.05, 3.63) is 154 Å². The SMILES string of the molecule is O=S1(=O)c2ccccc2-c2cc3c(cc21)C1(c2ccccc2-c2ccccc2-c2ccc(Br)cc21)c1ccccc1-3. The van der Waals surface area contributed by atoms with Gasteiger partial charge in [-0.25, -0.2) is 8.42 Å². The summed E-state index contributed by atoms with van der Waals surface area (Å²) in [6, 6.07) is 43.8. The number of fused-ring (bicyclic) bond motifs is 15. The second-order valence-corrected chi connectivity index (χ2v) is 13.8. The van der Waals surface area contributed by atoms with Crippen LogP contribution in [0.25, 0.3) is 44.5 Å². The highest BCUT2D eigenvalue weighted by molar-refractivity contribution is 9.10. The number of halogens is 1. The summed E-state index contributed by atoms with van der Waals surface area (Å²) in [5.41, 5.74) is 12.2. The molecule has 0 saturated carbocycles. The van der Waals surface area contributed by atoms with Crippen LogP contribution in [0, 0.1) is 0 Å². The lowest BCUT2D eigenvalue weighted by Gasteiger charge is -2.35. The number of hydrogen-bond donors (Lipinski definition) is 0. The van der Waals surface area contributed by atoms with E-state index in [0.717, 1.165) is 54.5 Å². The zero-order valence-corrected chi connectivity index (χ0v) is 24.1. The quantitative estimate of drug-likeness (QED) is 0.172. The van der Waals surface area contributed by atoms with Crippen molar-refractivity contribution in [3.8, 4) is 44.5 Å². The summed E-state index contributed by atoms with van der Waals surface area (Å²) in [5, 5.41) is 0. The minimum Gasteiger partial charge on any atom is -0.218 e. The average Bonchev–Trinajstić information content (AvgIpc) is 3.38. The van der Waals surface area contributed by atoms with E-state index in [1.165, 1.54) is 16.7 Å². The molecule has 1 spiro atoms. The molecule has 2 nitrogen and oxygen atoms in total. The predicted molar refractivity (Wildman–Crippen MR) is 167 cm³/mol. The molecule has 1 unspecified atom stereocenters. The minimum absolute atomic E-state index is 0.387. The molecule has 1 atom stereocenters. The third-order valence-corrected chi connectivity index (χ3v) is 11.5. The van der Waals surface area contributed by atoms with Crippen LogP contribution in [-0.2, 0) is 15.3 Å². The van der Waals surface area contributed by atoms with Crippen molar-refractivity contribution in [3.63, 3.8) is 0 Å². The van der Waals surface area contributed by atoms with Gasteiger partial charge in [0, 0.05) is 15.6 Å². The van der Waals surface area contributed by atoms with Crippen LogP contribution in [0.15, 0.2) is 142 Å². The molecule has 2 aliphatic carbocycles. The Kier molecular flexibility index (Phi) is 4.54. The number of sulfone groups is 1. The molecule has 9 rings (SSSR count). The van der Waals surface area contributed by atoms with E-state index in [-0.39, 0.29) is 0 Å². The monoisotopic (exact) mass is 608 g/mol. The predicted octanol–water partition coefficient (Wildman–Crippen LogP) is 9.27. The van der Waals surface area contributed by atoms with Gasteiger partial charge < -0.3 is 0 Å². The van der Waals surface area contributed by atoms with Gasteiger partial charge in [-0.2, -0.15) is 0 Å². The van der Waals surface area contributed by atoms with Gasteiger partial charge in [0.25, 0.3) is 0 Å². The van der Waals surface area contributed by atoms with Gasteiger partial charge in [-0.1, -0.05) is 113 Å². The summed E-state index contributed by atoms with van der Waals surface area (Å²) < 4.78 is 29.0. The third-order valence-electron chi connectivity index (χ3n) is 9.13. The van der Waals surface area contributed by atoms with Crippen molar-refractivity contribution < 1.29 is 8.42 Å². The summed E-state index contributed by atoms with van der Waals surface area (Å²) in [4.78, 5) is 0.776. The lowest BCUT2D eigenvalue weighted by molar-refractivity contribution is 0.598. The first-order valence-electron chi connectivity index (χ1n) is 13.6. The van der Waals surface area contributed by atoms with Crippen molar-refractivity contribution in [2.45, 2.75) is 15.2 Å². The largest absolute Gasteiger partial charge is 0.218 e. The molecule has 0 N–H and O–H groups in total. The smallest absolute Gasteiger partial charge is 0.207 e. The number of hydrogen-bond acceptors (Lipinski definition) is 2. The van der Waals surface area contributed by atoms with Crippen LogP contribution in [0.5, 0.6) is 0 Å². The molecule has 6 aromatic rings. The van der Waals surface area contributed by atoms with E-state index in [2.05, 4.69) is 113 Å². The molecule has 1 heterocycles. The van der Waals surface area contributed by atoms with Crippen LogP contribution in [0.1, 0.15) is 22.3 Å². The Bertz CT molecular complexity index is 2250. The van der Waals surface area contributed by atoms with Crippen molar-refractivity contribution in [2.24, 2.45) is 0 Å². The van der Waals surface area contributed by atoms with Gasteiger partial charge in [0.15, 0.2) is 0 Å². The number of rotatable bonds is 0. The van der Waals surface area contributed by atoms with Gasteiger partial charge in [0.2, 0.25) is 9.84 Å². The Morgan fingerprint density at radius 1 is 0.415 bits per heavy atom. The van der Waals surface area contributed by atoms with Crippen LogP contribution >= 0.6 is 15.9 Å². The molecular weight excluding hydrogens is 588 g/mol. The first kappa shape index (κ1) is 23.5. The Morgan fingerprint density at radius 3 is 1.61 bits per heavy atom. The zero-order valence-electron chi connectivity index (χ0n) is 21.7. The minimum atomic E-state index is -3.66. The molecule has 0 radical (unpaired) electrons. The highest BCUT2D eigenvalue weighted by Gasteiger charge is 2.51. The molecule has 3 aliphatic rings.